The summed E-state index contributed by atoms with van der Waals surface area (Å²) in [5.74, 6) is 0.921. The van der Waals surface area contributed by atoms with Gasteiger partial charge in [0.05, 0.1) is 0 Å². The molecule has 0 radical (unpaired) electrons. The van der Waals surface area contributed by atoms with Crippen LogP contribution in [0.2, 0.25) is 0 Å². The Balaban J connectivity index is 1.99. The molecule has 1 atom stereocenters. The summed E-state index contributed by atoms with van der Waals surface area (Å²) in [6, 6.07) is 11.4. The van der Waals surface area contributed by atoms with Crippen molar-refractivity contribution in [2.75, 3.05) is 13.1 Å². The zero-order valence-corrected chi connectivity index (χ0v) is 9.82. The molecule has 0 saturated carbocycles. The average molecular weight is 203 g/mol. The standard InChI is InChI=1S/C14H21N/c1-12-8-10-15(11-9-12)13(2)14-6-4-3-5-7-14/h3-7,12-13H,8-11H2,1-2H3. The predicted octanol–water partition coefficient (Wildman–Crippen LogP) is 3.48. The second-order valence-corrected chi connectivity index (χ2v) is 4.81. The Labute approximate surface area is 93.1 Å². The summed E-state index contributed by atoms with van der Waals surface area (Å²) in [5.41, 5.74) is 1.45. The third-order valence-electron chi connectivity index (χ3n) is 3.65. The van der Waals surface area contributed by atoms with E-state index in [0.717, 1.165) is 5.92 Å². The van der Waals surface area contributed by atoms with Crippen LogP contribution in [0.15, 0.2) is 30.3 Å². The van der Waals surface area contributed by atoms with Crippen molar-refractivity contribution in [2.24, 2.45) is 5.92 Å². The van der Waals surface area contributed by atoms with E-state index in [-0.39, 0.29) is 0 Å². The van der Waals surface area contributed by atoms with E-state index in [0.29, 0.717) is 6.04 Å². The number of likely N-dealkylation sites (tertiary alicyclic amines) is 1. The number of hydrogen-bond acceptors (Lipinski definition) is 1. The SMILES string of the molecule is CC1CCN(C(C)c2ccccc2)CC1. The molecule has 0 aromatic heterocycles. The fraction of sp³-hybridized carbons (Fsp3) is 0.571. The number of rotatable bonds is 2. The van der Waals surface area contributed by atoms with Crippen LogP contribution in [0.1, 0.15) is 38.3 Å². The molecule has 15 heavy (non-hydrogen) atoms. The summed E-state index contributed by atoms with van der Waals surface area (Å²) in [5, 5.41) is 0. The largest absolute Gasteiger partial charge is 0.297 e. The summed E-state index contributed by atoms with van der Waals surface area (Å²) in [6.07, 6.45) is 2.72. The van der Waals surface area contributed by atoms with E-state index < -0.39 is 0 Å². The van der Waals surface area contributed by atoms with Crippen LogP contribution in [0.5, 0.6) is 0 Å². The first-order chi connectivity index (χ1) is 7.27. The van der Waals surface area contributed by atoms with Gasteiger partial charge in [-0.1, -0.05) is 37.3 Å². The van der Waals surface area contributed by atoms with Gasteiger partial charge >= 0.3 is 0 Å². The van der Waals surface area contributed by atoms with Gasteiger partial charge in [-0.2, -0.15) is 0 Å². The molecular weight excluding hydrogens is 182 g/mol. The molecule has 1 saturated heterocycles. The molecule has 1 aliphatic heterocycles. The number of piperidine rings is 1. The first-order valence-corrected chi connectivity index (χ1v) is 6.06. The molecule has 1 fully saturated rings. The van der Waals surface area contributed by atoms with Gasteiger partial charge in [0, 0.05) is 6.04 Å². The van der Waals surface area contributed by atoms with E-state index >= 15 is 0 Å². The van der Waals surface area contributed by atoms with Gasteiger partial charge in [0.1, 0.15) is 0 Å². The van der Waals surface area contributed by atoms with Crippen LogP contribution in [-0.2, 0) is 0 Å². The molecular formula is C14H21N. The summed E-state index contributed by atoms with van der Waals surface area (Å²) in [6.45, 7) is 7.21. The van der Waals surface area contributed by atoms with Crippen LogP contribution in [0, 0.1) is 5.92 Å². The molecule has 1 aliphatic rings. The van der Waals surface area contributed by atoms with Crippen molar-refractivity contribution in [1.29, 1.82) is 0 Å². The molecule has 82 valence electrons. The quantitative estimate of drug-likeness (QED) is 0.711. The molecule has 1 heterocycles. The van der Waals surface area contributed by atoms with Crippen molar-refractivity contribution in [3.63, 3.8) is 0 Å². The molecule has 1 unspecified atom stereocenters. The minimum Gasteiger partial charge on any atom is -0.297 e. The maximum absolute atomic E-state index is 2.61. The molecule has 2 rings (SSSR count). The summed E-state index contributed by atoms with van der Waals surface area (Å²) < 4.78 is 0. The second-order valence-electron chi connectivity index (χ2n) is 4.81. The molecule has 1 heteroatoms. The van der Waals surface area contributed by atoms with Crippen LogP contribution in [0.3, 0.4) is 0 Å². The highest BCUT2D eigenvalue weighted by Gasteiger charge is 2.20. The van der Waals surface area contributed by atoms with Crippen molar-refractivity contribution in [1.82, 2.24) is 4.90 Å². The van der Waals surface area contributed by atoms with Gasteiger partial charge in [0.2, 0.25) is 0 Å². The van der Waals surface area contributed by atoms with E-state index in [1.807, 2.05) is 0 Å². The van der Waals surface area contributed by atoms with Crippen molar-refractivity contribution in [3.05, 3.63) is 35.9 Å². The van der Waals surface area contributed by atoms with E-state index in [1.54, 1.807) is 0 Å². The first-order valence-electron chi connectivity index (χ1n) is 6.06. The van der Waals surface area contributed by atoms with Gasteiger partial charge in [-0.05, 0) is 44.3 Å². The number of hydrogen-bond donors (Lipinski definition) is 0. The highest BCUT2D eigenvalue weighted by molar-refractivity contribution is 5.18. The topological polar surface area (TPSA) is 3.24 Å². The van der Waals surface area contributed by atoms with Crippen LogP contribution in [0.25, 0.3) is 0 Å². The molecule has 1 aromatic carbocycles. The predicted molar refractivity (Wildman–Crippen MR) is 64.8 cm³/mol. The van der Waals surface area contributed by atoms with Gasteiger partial charge < -0.3 is 0 Å². The molecule has 0 aliphatic carbocycles. The lowest BCUT2D eigenvalue weighted by Crippen LogP contribution is -2.34. The van der Waals surface area contributed by atoms with Crippen molar-refractivity contribution in [2.45, 2.75) is 32.7 Å². The molecule has 0 amide bonds. The van der Waals surface area contributed by atoms with Crippen LogP contribution < -0.4 is 0 Å². The van der Waals surface area contributed by atoms with Gasteiger partial charge in [-0.15, -0.1) is 0 Å². The Morgan fingerprint density at radius 3 is 2.33 bits per heavy atom. The molecule has 0 spiro atoms. The van der Waals surface area contributed by atoms with E-state index in [2.05, 4.69) is 49.1 Å². The van der Waals surface area contributed by atoms with Gasteiger partial charge in [0.15, 0.2) is 0 Å². The molecule has 1 aromatic rings. The van der Waals surface area contributed by atoms with E-state index in [9.17, 15) is 0 Å². The van der Waals surface area contributed by atoms with E-state index in [4.69, 9.17) is 0 Å². The molecule has 0 bridgehead atoms. The van der Waals surface area contributed by atoms with Crippen LogP contribution in [-0.4, -0.2) is 18.0 Å². The lowest BCUT2D eigenvalue weighted by molar-refractivity contribution is 0.147. The maximum atomic E-state index is 2.61. The zero-order chi connectivity index (χ0) is 10.7. The average Bonchev–Trinajstić information content (AvgIpc) is 2.30. The van der Waals surface area contributed by atoms with Gasteiger partial charge in [-0.25, -0.2) is 0 Å². The Hall–Kier alpha value is -0.820. The Morgan fingerprint density at radius 1 is 1.13 bits per heavy atom. The normalized spacial score (nSPS) is 21.5. The lowest BCUT2D eigenvalue weighted by atomic mass is 9.96. The smallest absolute Gasteiger partial charge is 0.0319 e. The number of benzene rings is 1. The Bertz CT molecular complexity index is 285. The first kappa shape index (κ1) is 10.7. The maximum Gasteiger partial charge on any atom is 0.0319 e. The van der Waals surface area contributed by atoms with Crippen molar-refractivity contribution in [3.8, 4) is 0 Å². The third kappa shape index (κ3) is 2.60. The highest BCUT2D eigenvalue weighted by atomic mass is 15.2. The Morgan fingerprint density at radius 2 is 1.73 bits per heavy atom. The fourth-order valence-electron chi connectivity index (χ4n) is 2.36. The molecule has 1 nitrogen and oxygen atoms in total. The highest BCUT2D eigenvalue weighted by Crippen LogP contribution is 2.25. The van der Waals surface area contributed by atoms with Gasteiger partial charge in [0.25, 0.3) is 0 Å². The minimum atomic E-state index is 0.582. The van der Waals surface area contributed by atoms with Crippen molar-refractivity contribution >= 4 is 0 Å². The second kappa shape index (κ2) is 4.80. The summed E-state index contributed by atoms with van der Waals surface area (Å²) in [7, 11) is 0. The summed E-state index contributed by atoms with van der Waals surface area (Å²) >= 11 is 0. The Kier molecular flexibility index (Phi) is 3.42. The lowest BCUT2D eigenvalue weighted by Gasteiger charge is -2.35. The fourth-order valence-corrected chi connectivity index (χ4v) is 2.36. The molecule has 0 N–H and O–H groups in total. The van der Waals surface area contributed by atoms with Crippen LogP contribution >= 0.6 is 0 Å². The monoisotopic (exact) mass is 203 g/mol. The van der Waals surface area contributed by atoms with E-state index in [1.165, 1.54) is 31.5 Å². The summed E-state index contributed by atoms with van der Waals surface area (Å²) in [4.78, 5) is 2.61. The zero-order valence-electron chi connectivity index (χ0n) is 9.82. The minimum absolute atomic E-state index is 0.582. The van der Waals surface area contributed by atoms with Crippen LogP contribution in [0.4, 0.5) is 0 Å². The third-order valence-corrected chi connectivity index (χ3v) is 3.65. The number of nitrogens with zero attached hydrogens (tertiary/aromatic N) is 1. The van der Waals surface area contributed by atoms with Gasteiger partial charge in [-0.3, -0.25) is 4.90 Å². The van der Waals surface area contributed by atoms with Crippen molar-refractivity contribution < 1.29 is 0 Å².